The number of pyridine rings is 1. The molecule has 2 heterocycles. The third kappa shape index (κ3) is 4.44. The summed E-state index contributed by atoms with van der Waals surface area (Å²) in [5.41, 5.74) is 2.67. The lowest BCUT2D eigenvalue weighted by molar-refractivity contribution is 0.0595. The van der Waals surface area contributed by atoms with Gasteiger partial charge in [0.05, 0.1) is 24.8 Å². The van der Waals surface area contributed by atoms with E-state index in [-0.39, 0.29) is 10.7 Å². The average Bonchev–Trinajstić information content (AvgIpc) is 3.04. The third-order valence-electron chi connectivity index (χ3n) is 5.41. The van der Waals surface area contributed by atoms with Crippen LogP contribution in [0.2, 0.25) is 18.1 Å². The minimum atomic E-state index is -1.87. The van der Waals surface area contributed by atoms with E-state index in [0.29, 0.717) is 17.6 Å². The summed E-state index contributed by atoms with van der Waals surface area (Å²) in [6.07, 6.45) is 1.68. The Balaban J connectivity index is 2.02. The highest BCUT2D eigenvalue weighted by atomic mass is 79.9. The van der Waals surface area contributed by atoms with Crippen molar-refractivity contribution in [3.8, 4) is 5.69 Å². The van der Waals surface area contributed by atoms with Crippen LogP contribution < -0.4 is 0 Å². The number of rotatable bonds is 5. The number of methoxy groups -OCH3 is 1. The summed E-state index contributed by atoms with van der Waals surface area (Å²) in [5, 5.41) is 5.28. The van der Waals surface area contributed by atoms with Crippen molar-refractivity contribution >= 4 is 41.3 Å². The Bertz CT molecular complexity index is 1060. The second-order valence-electron chi connectivity index (χ2n) is 8.49. The Hall–Kier alpha value is -2.03. The molecule has 29 heavy (non-hydrogen) atoms. The van der Waals surface area contributed by atoms with Crippen LogP contribution >= 0.6 is 15.9 Å². The second-order valence-corrected chi connectivity index (χ2v) is 14.2. The van der Waals surface area contributed by atoms with Crippen molar-refractivity contribution in [1.82, 2.24) is 14.8 Å². The molecule has 3 aromatic rings. The number of nitrogens with zero attached hydrogens (tertiary/aromatic N) is 3. The van der Waals surface area contributed by atoms with E-state index in [2.05, 4.69) is 59.9 Å². The quantitative estimate of drug-likeness (QED) is 0.360. The Morgan fingerprint density at radius 1 is 1.24 bits per heavy atom. The highest BCUT2D eigenvalue weighted by Gasteiger charge is 2.37. The minimum absolute atomic E-state index is 0.138. The number of carbonyl (C=O) groups excluding carboxylic acids is 1. The van der Waals surface area contributed by atoms with Gasteiger partial charge in [-0.1, -0.05) is 36.7 Å². The first-order valence-electron chi connectivity index (χ1n) is 9.39. The van der Waals surface area contributed by atoms with Crippen LogP contribution in [0.15, 0.2) is 41.0 Å². The van der Waals surface area contributed by atoms with E-state index in [1.165, 1.54) is 7.11 Å². The lowest BCUT2D eigenvalue weighted by Gasteiger charge is -2.36. The number of aromatic nitrogens is 3. The van der Waals surface area contributed by atoms with Crippen molar-refractivity contribution < 1.29 is 14.0 Å². The van der Waals surface area contributed by atoms with Gasteiger partial charge < -0.3 is 9.16 Å². The van der Waals surface area contributed by atoms with Crippen LogP contribution in [0.4, 0.5) is 0 Å². The molecule has 154 valence electrons. The Labute approximate surface area is 180 Å². The first-order chi connectivity index (χ1) is 13.5. The molecule has 0 amide bonds. The molecule has 0 N–H and O–H groups in total. The Morgan fingerprint density at radius 2 is 1.97 bits per heavy atom. The van der Waals surface area contributed by atoms with Gasteiger partial charge in [-0.2, -0.15) is 5.10 Å². The molecule has 0 aliphatic rings. The van der Waals surface area contributed by atoms with Crippen molar-refractivity contribution in [2.75, 3.05) is 7.11 Å². The van der Waals surface area contributed by atoms with Crippen LogP contribution in [-0.4, -0.2) is 36.2 Å². The van der Waals surface area contributed by atoms with E-state index in [4.69, 9.17) is 9.16 Å². The van der Waals surface area contributed by atoms with E-state index in [0.717, 1.165) is 15.7 Å². The fraction of sp³-hybridized carbons (Fsp3) is 0.381. The topological polar surface area (TPSA) is 66.2 Å². The summed E-state index contributed by atoms with van der Waals surface area (Å²) in [4.78, 5) is 16.6. The fourth-order valence-electron chi connectivity index (χ4n) is 2.70. The van der Waals surface area contributed by atoms with E-state index >= 15 is 0 Å². The zero-order valence-electron chi connectivity index (χ0n) is 17.6. The van der Waals surface area contributed by atoms with Gasteiger partial charge in [-0.3, -0.25) is 0 Å². The van der Waals surface area contributed by atoms with Crippen LogP contribution in [0, 0.1) is 0 Å². The number of halogens is 1. The van der Waals surface area contributed by atoms with Gasteiger partial charge in [-0.25, -0.2) is 14.5 Å². The van der Waals surface area contributed by atoms with Crippen LogP contribution in [-0.2, 0) is 15.8 Å². The van der Waals surface area contributed by atoms with Crippen molar-refractivity contribution in [2.24, 2.45) is 0 Å². The van der Waals surface area contributed by atoms with Gasteiger partial charge >= 0.3 is 5.97 Å². The number of ether oxygens (including phenoxy) is 1. The SMILES string of the molecule is COC(=O)c1nn(-c2cc(Br)cc(CO[Si](C)(C)C(C)(C)C)c2)c2ncccc12. The highest BCUT2D eigenvalue weighted by molar-refractivity contribution is 9.10. The van der Waals surface area contributed by atoms with Gasteiger partial charge in [0.15, 0.2) is 19.7 Å². The van der Waals surface area contributed by atoms with Gasteiger partial charge in [0.1, 0.15) is 0 Å². The molecule has 0 saturated heterocycles. The molecule has 0 spiro atoms. The lowest BCUT2D eigenvalue weighted by atomic mass is 10.2. The number of esters is 1. The molecule has 6 nitrogen and oxygen atoms in total. The molecule has 0 bridgehead atoms. The number of benzene rings is 1. The van der Waals surface area contributed by atoms with Crippen LogP contribution in [0.25, 0.3) is 16.7 Å². The molecule has 3 rings (SSSR count). The van der Waals surface area contributed by atoms with Crippen molar-refractivity contribution in [2.45, 2.75) is 45.5 Å². The molecule has 1 aromatic carbocycles. The molecular weight excluding hydrogens is 450 g/mol. The van der Waals surface area contributed by atoms with Crippen LogP contribution in [0.5, 0.6) is 0 Å². The number of carbonyl (C=O) groups is 1. The molecule has 8 heteroatoms. The molecule has 0 fully saturated rings. The van der Waals surface area contributed by atoms with Gasteiger partial charge in [0.25, 0.3) is 0 Å². The number of fused-ring (bicyclic) bond motifs is 1. The summed E-state index contributed by atoms with van der Waals surface area (Å²) < 4.78 is 13.8. The van der Waals surface area contributed by atoms with Crippen LogP contribution in [0.1, 0.15) is 36.8 Å². The van der Waals surface area contributed by atoms with E-state index in [9.17, 15) is 4.79 Å². The van der Waals surface area contributed by atoms with Crippen molar-refractivity contribution in [3.63, 3.8) is 0 Å². The van der Waals surface area contributed by atoms with Gasteiger partial charge in [-0.15, -0.1) is 0 Å². The predicted octanol–water partition coefficient (Wildman–Crippen LogP) is 5.49. The smallest absolute Gasteiger partial charge is 0.359 e. The third-order valence-corrected chi connectivity index (χ3v) is 10.4. The van der Waals surface area contributed by atoms with Gasteiger partial charge in [0.2, 0.25) is 0 Å². The van der Waals surface area contributed by atoms with E-state index in [1.807, 2.05) is 24.3 Å². The zero-order chi connectivity index (χ0) is 21.4. The minimum Gasteiger partial charge on any atom is -0.464 e. The van der Waals surface area contributed by atoms with E-state index < -0.39 is 14.3 Å². The largest absolute Gasteiger partial charge is 0.464 e. The maximum atomic E-state index is 12.2. The summed E-state index contributed by atoms with van der Waals surface area (Å²) in [5.74, 6) is -0.488. The molecule has 0 saturated carbocycles. The first kappa shape index (κ1) is 21.7. The van der Waals surface area contributed by atoms with Crippen molar-refractivity contribution in [3.05, 3.63) is 52.3 Å². The summed E-state index contributed by atoms with van der Waals surface area (Å²) in [6.45, 7) is 11.7. The Morgan fingerprint density at radius 3 is 2.62 bits per heavy atom. The maximum Gasteiger partial charge on any atom is 0.359 e. The highest BCUT2D eigenvalue weighted by Crippen LogP contribution is 2.37. The van der Waals surface area contributed by atoms with Gasteiger partial charge in [0, 0.05) is 10.7 Å². The maximum absolute atomic E-state index is 12.2. The summed E-state index contributed by atoms with van der Waals surface area (Å²) >= 11 is 3.59. The predicted molar refractivity (Wildman–Crippen MR) is 120 cm³/mol. The Kier molecular flexibility index (Phi) is 5.98. The number of hydrogen-bond donors (Lipinski definition) is 0. The van der Waals surface area contributed by atoms with Crippen molar-refractivity contribution in [1.29, 1.82) is 0 Å². The summed E-state index contributed by atoms with van der Waals surface area (Å²) in [7, 11) is -0.526. The molecule has 0 atom stereocenters. The molecule has 2 aromatic heterocycles. The normalized spacial score (nSPS) is 12.4. The van der Waals surface area contributed by atoms with Gasteiger partial charge in [-0.05, 0) is 54.0 Å². The molecule has 0 unspecified atom stereocenters. The standard InChI is InChI=1S/C21H26BrN3O3Si/c1-21(2,3)29(5,6)28-13-14-10-15(22)12-16(11-14)25-19-17(8-7-9-23-19)18(24-25)20(26)27-4/h7-12H,13H2,1-6H3. The zero-order valence-corrected chi connectivity index (χ0v) is 20.2. The molecule has 0 aliphatic carbocycles. The van der Waals surface area contributed by atoms with Crippen LogP contribution in [0.3, 0.4) is 0 Å². The molecular formula is C21H26BrN3O3Si. The number of hydrogen-bond acceptors (Lipinski definition) is 5. The molecule has 0 radical (unpaired) electrons. The van der Waals surface area contributed by atoms with E-state index in [1.54, 1.807) is 16.9 Å². The monoisotopic (exact) mass is 475 g/mol. The first-order valence-corrected chi connectivity index (χ1v) is 13.1. The summed E-state index contributed by atoms with van der Waals surface area (Å²) in [6, 6.07) is 9.59. The molecule has 0 aliphatic heterocycles. The lowest BCUT2D eigenvalue weighted by Crippen LogP contribution is -2.40. The second kappa shape index (κ2) is 8.01. The fourth-order valence-corrected chi connectivity index (χ4v) is 4.19. The average molecular weight is 476 g/mol.